The van der Waals surface area contributed by atoms with Crippen LogP contribution < -0.4 is 10.5 Å². The molecule has 1 aromatic heterocycles. The Balaban J connectivity index is 1.66. The molecule has 0 aliphatic carbocycles. The molecule has 6 heteroatoms. The number of hydrogen-bond acceptors (Lipinski definition) is 4. The van der Waals surface area contributed by atoms with Gasteiger partial charge in [-0.2, -0.15) is 0 Å². The maximum absolute atomic E-state index is 12.5. The Hall–Kier alpha value is -2.37. The minimum atomic E-state index is -0.113. The van der Waals surface area contributed by atoms with Gasteiger partial charge in [-0.15, -0.1) is 0 Å². The minimum Gasteiger partial charge on any atom is -0.346 e. The maximum atomic E-state index is 12.5. The molecule has 1 aromatic carbocycles. The molecule has 0 bridgehead atoms. The Morgan fingerprint density at radius 1 is 1.32 bits per heavy atom. The lowest BCUT2D eigenvalue weighted by Crippen LogP contribution is -2.42. The summed E-state index contributed by atoms with van der Waals surface area (Å²) in [7, 11) is 1.90. The fraction of sp³-hybridized carbons (Fsp3) is 0.526. The number of benzene rings is 1. The van der Waals surface area contributed by atoms with E-state index in [-0.39, 0.29) is 17.4 Å². The van der Waals surface area contributed by atoms with Crippen LogP contribution in [-0.4, -0.2) is 47.5 Å². The van der Waals surface area contributed by atoms with Gasteiger partial charge in [0.15, 0.2) is 0 Å². The van der Waals surface area contributed by atoms with Crippen molar-refractivity contribution in [2.24, 2.45) is 5.92 Å². The molecule has 1 saturated heterocycles. The summed E-state index contributed by atoms with van der Waals surface area (Å²) in [5.74, 6) is 0.923. The van der Waals surface area contributed by atoms with Crippen LogP contribution in [0, 0.1) is 5.92 Å². The Labute approximate surface area is 147 Å². The Morgan fingerprint density at radius 2 is 2.04 bits per heavy atom. The lowest BCUT2D eigenvalue weighted by atomic mass is 9.95. The van der Waals surface area contributed by atoms with Crippen LogP contribution in [0.1, 0.15) is 32.6 Å². The highest BCUT2D eigenvalue weighted by Gasteiger charge is 2.28. The predicted molar refractivity (Wildman–Crippen MR) is 99.8 cm³/mol. The smallest absolute Gasteiger partial charge is 0.260 e. The molecule has 1 N–H and O–H groups in total. The van der Waals surface area contributed by atoms with E-state index in [1.807, 2.05) is 30.1 Å². The molecule has 0 radical (unpaired) electrons. The van der Waals surface area contributed by atoms with Crippen LogP contribution in [0.5, 0.6) is 0 Å². The number of nitrogens with one attached hydrogen (secondary N) is 1. The summed E-state index contributed by atoms with van der Waals surface area (Å²) in [6.45, 7) is 4.43. The zero-order valence-corrected chi connectivity index (χ0v) is 15.0. The number of piperidine rings is 1. The summed E-state index contributed by atoms with van der Waals surface area (Å²) in [5, 5.41) is 0.605. The van der Waals surface area contributed by atoms with Gasteiger partial charge in [0.05, 0.1) is 10.9 Å². The molecule has 0 saturated carbocycles. The van der Waals surface area contributed by atoms with Gasteiger partial charge in [0.25, 0.3) is 5.56 Å². The number of nitrogens with zero attached hydrogens (tertiary/aromatic N) is 3. The van der Waals surface area contributed by atoms with Crippen LogP contribution in [-0.2, 0) is 4.79 Å². The Bertz CT molecular complexity index is 793. The van der Waals surface area contributed by atoms with Gasteiger partial charge in [0, 0.05) is 32.6 Å². The normalized spacial score (nSPS) is 15.5. The van der Waals surface area contributed by atoms with E-state index in [0.717, 1.165) is 45.3 Å². The van der Waals surface area contributed by atoms with Crippen molar-refractivity contribution < 1.29 is 4.79 Å². The molecule has 0 spiro atoms. The van der Waals surface area contributed by atoms with Crippen LogP contribution in [0.3, 0.4) is 0 Å². The molecule has 1 aliphatic heterocycles. The van der Waals surface area contributed by atoms with Crippen molar-refractivity contribution in [1.82, 2.24) is 14.9 Å². The largest absolute Gasteiger partial charge is 0.346 e. The van der Waals surface area contributed by atoms with E-state index < -0.39 is 0 Å². The predicted octanol–water partition coefficient (Wildman–Crippen LogP) is 2.40. The zero-order valence-electron chi connectivity index (χ0n) is 15.0. The standard InChI is InChI=1S/C19H26N4O2/c1-3-4-11-22(2)18(25)14-9-12-23(13-10-14)19-20-16-8-6-5-7-15(16)17(24)21-19/h5-8,14H,3-4,9-13H2,1-2H3,(H,20,21,24). The Morgan fingerprint density at radius 3 is 2.76 bits per heavy atom. The highest BCUT2D eigenvalue weighted by molar-refractivity contribution is 5.79. The van der Waals surface area contributed by atoms with Crippen LogP contribution >= 0.6 is 0 Å². The van der Waals surface area contributed by atoms with E-state index in [4.69, 9.17) is 0 Å². The average molecular weight is 342 g/mol. The minimum absolute atomic E-state index is 0.0743. The lowest BCUT2D eigenvalue weighted by molar-refractivity contribution is -0.134. The number of H-pyrrole nitrogens is 1. The molecule has 2 aromatic rings. The van der Waals surface area contributed by atoms with Crippen molar-refractivity contribution in [2.75, 3.05) is 31.6 Å². The zero-order chi connectivity index (χ0) is 17.8. The molecule has 25 heavy (non-hydrogen) atoms. The van der Waals surface area contributed by atoms with Crippen LogP contribution in [0.25, 0.3) is 10.9 Å². The van der Waals surface area contributed by atoms with Crippen LogP contribution in [0.2, 0.25) is 0 Å². The number of hydrogen-bond donors (Lipinski definition) is 1. The topological polar surface area (TPSA) is 69.3 Å². The van der Waals surface area contributed by atoms with Crippen molar-refractivity contribution in [3.63, 3.8) is 0 Å². The number of unbranched alkanes of at least 4 members (excludes halogenated alkanes) is 1. The SMILES string of the molecule is CCCCN(C)C(=O)C1CCN(c2nc3ccccc3c(=O)[nH]2)CC1. The van der Waals surface area contributed by atoms with E-state index in [2.05, 4.69) is 21.8 Å². The molecule has 1 fully saturated rings. The summed E-state index contributed by atoms with van der Waals surface area (Å²) in [6.07, 6.45) is 3.73. The number of amides is 1. The summed E-state index contributed by atoms with van der Waals surface area (Å²) >= 11 is 0. The van der Waals surface area contributed by atoms with E-state index >= 15 is 0 Å². The number of carbonyl (C=O) groups is 1. The van der Waals surface area contributed by atoms with E-state index in [0.29, 0.717) is 16.9 Å². The molecule has 134 valence electrons. The Kier molecular flexibility index (Phi) is 5.36. The quantitative estimate of drug-likeness (QED) is 0.906. The van der Waals surface area contributed by atoms with Gasteiger partial charge in [-0.05, 0) is 31.4 Å². The summed E-state index contributed by atoms with van der Waals surface area (Å²) in [4.78, 5) is 36.1. The number of aromatic amines is 1. The molecule has 2 heterocycles. The number of anilines is 1. The average Bonchev–Trinajstić information content (AvgIpc) is 2.65. The number of aromatic nitrogens is 2. The van der Waals surface area contributed by atoms with E-state index in [1.165, 1.54) is 0 Å². The van der Waals surface area contributed by atoms with Gasteiger partial charge in [-0.25, -0.2) is 4.98 Å². The van der Waals surface area contributed by atoms with Gasteiger partial charge in [-0.3, -0.25) is 14.6 Å². The number of fused-ring (bicyclic) bond motifs is 1. The second-order valence-corrected chi connectivity index (χ2v) is 6.78. The van der Waals surface area contributed by atoms with Crippen molar-refractivity contribution in [3.05, 3.63) is 34.6 Å². The highest BCUT2D eigenvalue weighted by atomic mass is 16.2. The van der Waals surface area contributed by atoms with Crippen molar-refractivity contribution in [1.29, 1.82) is 0 Å². The fourth-order valence-electron chi connectivity index (χ4n) is 3.38. The molecule has 1 aliphatic rings. The van der Waals surface area contributed by atoms with Gasteiger partial charge >= 0.3 is 0 Å². The van der Waals surface area contributed by atoms with Gasteiger partial charge < -0.3 is 9.80 Å². The monoisotopic (exact) mass is 342 g/mol. The van der Waals surface area contributed by atoms with Crippen LogP contribution in [0.15, 0.2) is 29.1 Å². The third kappa shape index (κ3) is 3.83. The first-order chi connectivity index (χ1) is 12.1. The summed E-state index contributed by atoms with van der Waals surface area (Å²) in [6, 6.07) is 7.36. The third-order valence-corrected chi connectivity index (χ3v) is 4.97. The van der Waals surface area contributed by atoms with Crippen molar-refractivity contribution >= 4 is 22.8 Å². The van der Waals surface area contributed by atoms with Gasteiger partial charge in [0.1, 0.15) is 0 Å². The van der Waals surface area contributed by atoms with Gasteiger partial charge in [-0.1, -0.05) is 25.5 Å². The molecule has 0 atom stereocenters. The molecular formula is C19H26N4O2. The molecular weight excluding hydrogens is 316 g/mol. The lowest BCUT2D eigenvalue weighted by Gasteiger charge is -2.33. The summed E-state index contributed by atoms with van der Waals surface area (Å²) in [5.41, 5.74) is 0.594. The molecule has 6 nitrogen and oxygen atoms in total. The number of para-hydroxylation sites is 1. The number of rotatable bonds is 5. The first-order valence-corrected chi connectivity index (χ1v) is 9.09. The second kappa shape index (κ2) is 7.68. The third-order valence-electron chi connectivity index (χ3n) is 4.97. The van der Waals surface area contributed by atoms with Gasteiger partial charge in [0.2, 0.25) is 11.9 Å². The maximum Gasteiger partial charge on any atom is 0.260 e. The van der Waals surface area contributed by atoms with Crippen molar-refractivity contribution in [3.8, 4) is 0 Å². The fourth-order valence-corrected chi connectivity index (χ4v) is 3.38. The van der Waals surface area contributed by atoms with E-state index in [1.54, 1.807) is 6.07 Å². The molecule has 3 rings (SSSR count). The van der Waals surface area contributed by atoms with Crippen LogP contribution in [0.4, 0.5) is 5.95 Å². The molecule has 0 unspecified atom stereocenters. The van der Waals surface area contributed by atoms with Crippen molar-refractivity contribution in [2.45, 2.75) is 32.6 Å². The number of carbonyl (C=O) groups excluding carboxylic acids is 1. The molecule has 1 amide bonds. The highest BCUT2D eigenvalue weighted by Crippen LogP contribution is 2.22. The summed E-state index contributed by atoms with van der Waals surface area (Å²) < 4.78 is 0. The van der Waals surface area contributed by atoms with E-state index in [9.17, 15) is 9.59 Å². The second-order valence-electron chi connectivity index (χ2n) is 6.78. The first kappa shape index (κ1) is 17.5. The first-order valence-electron chi connectivity index (χ1n) is 9.09.